The molecule has 3 rings (SSSR count). The minimum absolute atomic E-state index is 0.0620. The first-order valence-electron chi connectivity index (χ1n) is 13.4. The Morgan fingerprint density at radius 3 is 1.32 bits per heavy atom. The predicted octanol–water partition coefficient (Wildman–Crippen LogP) is 8.96. The van der Waals surface area contributed by atoms with Crippen LogP contribution >= 0.6 is 0 Å². The second kappa shape index (κ2) is 10.1. The lowest BCUT2D eigenvalue weighted by atomic mass is 9.74. The Hall–Kier alpha value is -2.94. The highest BCUT2D eigenvalue weighted by molar-refractivity contribution is 5.53. The molecule has 0 saturated carbocycles. The summed E-state index contributed by atoms with van der Waals surface area (Å²) in [6, 6.07) is 12.2. The molecule has 3 aromatic rings. The SMILES string of the molecule is Cc1cc(C(C)CC(c2cc(C(C)(C)C)c(O)cc2C)c2cc(C(C)(C)C)c(O)cc2C)c(C)cc1O. The van der Waals surface area contributed by atoms with Crippen molar-refractivity contribution in [3.63, 3.8) is 0 Å². The van der Waals surface area contributed by atoms with E-state index in [4.69, 9.17) is 0 Å². The monoisotopic (exact) mass is 502 g/mol. The third-order valence-corrected chi connectivity index (χ3v) is 7.84. The van der Waals surface area contributed by atoms with E-state index in [1.807, 2.05) is 25.1 Å². The van der Waals surface area contributed by atoms with Gasteiger partial charge in [0.2, 0.25) is 0 Å². The Morgan fingerprint density at radius 2 is 0.919 bits per heavy atom. The number of benzene rings is 3. The Bertz CT molecular complexity index is 1230. The zero-order valence-corrected chi connectivity index (χ0v) is 24.7. The molecule has 0 spiro atoms. The van der Waals surface area contributed by atoms with Gasteiger partial charge in [-0.1, -0.05) is 66.7 Å². The molecule has 0 amide bonds. The number of aryl methyl sites for hydroxylation is 4. The van der Waals surface area contributed by atoms with Crippen molar-refractivity contribution in [3.8, 4) is 17.2 Å². The normalized spacial score (nSPS) is 13.3. The smallest absolute Gasteiger partial charge is 0.119 e. The highest BCUT2D eigenvalue weighted by atomic mass is 16.3. The van der Waals surface area contributed by atoms with E-state index in [0.29, 0.717) is 17.2 Å². The van der Waals surface area contributed by atoms with Gasteiger partial charge in [0.05, 0.1) is 0 Å². The molecular weight excluding hydrogens is 456 g/mol. The van der Waals surface area contributed by atoms with E-state index < -0.39 is 0 Å². The number of hydrogen-bond donors (Lipinski definition) is 3. The van der Waals surface area contributed by atoms with Crippen LogP contribution in [0.15, 0.2) is 36.4 Å². The van der Waals surface area contributed by atoms with Crippen molar-refractivity contribution in [2.75, 3.05) is 0 Å². The van der Waals surface area contributed by atoms with Crippen molar-refractivity contribution in [1.82, 2.24) is 0 Å². The summed E-state index contributed by atoms with van der Waals surface area (Å²) in [5, 5.41) is 31.9. The number of rotatable bonds is 5. The molecular formula is C34H46O3. The van der Waals surface area contributed by atoms with Crippen molar-refractivity contribution >= 4 is 0 Å². The summed E-state index contributed by atoms with van der Waals surface area (Å²) in [6.07, 6.45) is 0.857. The summed E-state index contributed by atoms with van der Waals surface area (Å²) in [6.45, 7) is 23.2. The Labute approximate surface area is 224 Å². The molecule has 37 heavy (non-hydrogen) atoms. The number of phenols is 3. The molecule has 200 valence electrons. The van der Waals surface area contributed by atoms with Crippen LogP contribution in [0.1, 0.15) is 117 Å². The first-order valence-corrected chi connectivity index (χ1v) is 13.4. The highest BCUT2D eigenvalue weighted by Gasteiger charge is 2.29. The van der Waals surface area contributed by atoms with Gasteiger partial charge in [-0.25, -0.2) is 0 Å². The average Bonchev–Trinajstić information content (AvgIpc) is 2.73. The Kier molecular flexibility index (Phi) is 7.80. The fourth-order valence-electron chi connectivity index (χ4n) is 5.63. The van der Waals surface area contributed by atoms with Crippen LogP contribution in [0.4, 0.5) is 0 Å². The highest BCUT2D eigenvalue weighted by Crippen LogP contribution is 2.44. The Morgan fingerprint density at radius 1 is 0.541 bits per heavy atom. The quantitative estimate of drug-likeness (QED) is 0.326. The summed E-state index contributed by atoms with van der Waals surface area (Å²) in [4.78, 5) is 0. The van der Waals surface area contributed by atoms with Crippen molar-refractivity contribution < 1.29 is 15.3 Å². The number of aromatic hydroxyl groups is 3. The molecule has 0 saturated heterocycles. The standard InChI is InChI=1S/C34H46O3/c1-19(24-13-23(5)30(35)14-20(24)2)12-27(25-17-28(33(6,7)8)31(36)15-21(25)3)26-18-29(34(9,10)11)32(37)16-22(26)4/h13-19,27,35-37H,12H2,1-11H3. The summed E-state index contributed by atoms with van der Waals surface area (Å²) < 4.78 is 0. The largest absolute Gasteiger partial charge is 0.508 e. The van der Waals surface area contributed by atoms with Gasteiger partial charge in [-0.15, -0.1) is 0 Å². The lowest BCUT2D eigenvalue weighted by molar-refractivity contribution is 0.444. The third kappa shape index (κ3) is 5.98. The van der Waals surface area contributed by atoms with Crippen molar-refractivity contribution in [2.24, 2.45) is 0 Å². The average molecular weight is 503 g/mol. The van der Waals surface area contributed by atoms with Gasteiger partial charge in [0.1, 0.15) is 17.2 Å². The molecule has 3 aromatic carbocycles. The minimum Gasteiger partial charge on any atom is -0.508 e. The van der Waals surface area contributed by atoms with Crippen LogP contribution in [0.25, 0.3) is 0 Å². The van der Waals surface area contributed by atoms with Crippen molar-refractivity contribution in [3.05, 3.63) is 86.5 Å². The maximum absolute atomic E-state index is 10.8. The lowest BCUT2D eigenvalue weighted by Gasteiger charge is -2.30. The first kappa shape index (κ1) is 28.6. The maximum Gasteiger partial charge on any atom is 0.119 e. The van der Waals surface area contributed by atoms with E-state index in [2.05, 4.69) is 87.4 Å². The topological polar surface area (TPSA) is 60.7 Å². The van der Waals surface area contributed by atoms with Crippen LogP contribution in [0, 0.1) is 27.7 Å². The second-order valence-corrected chi connectivity index (χ2v) is 13.1. The number of phenolic OH excluding ortho intramolecular Hbond substituents is 3. The van der Waals surface area contributed by atoms with Crippen molar-refractivity contribution in [1.29, 1.82) is 0 Å². The third-order valence-electron chi connectivity index (χ3n) is 7.84. The molecule has 0 fully saturated rings. The molecule has 1 atom stereocenters. The fourth-order valence-corrected chi connectivity index (χ4v) is 5.63. The van der Waals surface area contributed by atoms with Gasteiger partial charge in [-0.3, -0.25) is 0 Å². The summed E-state index contributed by atoms with van der Waals surface area (Å²) in [7, 11) is 0. The van der Waals surface area contributed by atoms with Gasteiger partial charge in [-0.05, 0) is 119 Å². The van der Waals surface area contributed by atoms with E-state index in [-0.39, 0.29) is 22.7 Å². The molecule has 0 aliphatic carbocycles. The lowest BCUT2D eigenvalue weighted by Crippen LogP contribution is -2.17. The van der Waals surface area contributed by atoms with Crippen LogP contribution in [-0.4, -0.2) is 15.3 Å². The van der Waals surface area contributed by atoms with E-state index in [0.717, 1.165) is 39.8 Å². The molecule has 0 aliphatic rings. The fraction of sp³-hybridized carbons (Fsp3) is 0.471. The van der Waals surface area contributed by atoms with Crippen LogP contribution in [0.2, 0.25) is 0 Å². The molecule has 0 heterocycles. The van der Waals surface area contributed by atoms with E-state index in [1.54, 1.807) is 0 Å². The maximum atomic E-state index is 10.8. The van der Waals surface area contributed by atoms with Crippen LogP contribution in [0.3, 0.4) is 0 Å². The molecule has 0 radical (unpaired) electrons. The van der Waals surface area contributed by atoms with Crippen LogP contribution < -0.4 is 0 Å². The minimum atomic E-state index is -0.200. The van der Waals surface area contributed by atoms with Gasteiger partial charge in [0.15, 0.2) is 0 Å². The van der Waals surface area contributed by atoms with Gasteiger partial charge in [0, 0.05) is 5.92 Å². The van der Waals surface area contributed by atoms with Gasteiger partial charge >= 0.3 is 0 Å². The molecule has 1 unspecified atom stereocenters. The molecule has 3 N–H and O–H groups in total. The zero-order chi connectivity index (χ0) is 28.0. The molecule has 0 aromatic heterocycles. The zero-order valence-electron chi connectivity index (χ0n) is 24.7. The van der Waals surface area contributed by atoms with Gasteiger partial charge in [0.25, 0.3) is 0 Å². The van der Waals surface area contributed by atoms with Crippen molar-refractivity contribution in [2.45, 2.75) is 105 Å². The second-order valence-electron chi connectivity index (χ2n) is 13.1. The Balaban J connectivity index is 2.28. The van der Waals surface area contributed by atoms with Crippen LogP contribution in [-0.2, 0) is 10.8 Å². The predicted molar refractivity (Wildman–Crippen MR) is 156 cm³/mol. The molecule has 3 heteroatoms. The molecule has 3 nitrogen and oxygen atoms in total. The van der Waals surface area contributed by atoms with Gasteiger partial charge < -0.3 is 15.3 Å². The summed E-state index contributed by atoms with van der Waals surface area (Å²) in [5.74, 6) is 1.29. The molecule has 0 aliphatic heterocycles. The van der Waals surface area contributed by atoms with E-state index >= 15 is 0 Å². The van der Waals surface area contributed by atoms with E-state index in [9.17, 15) is 15.3 Å². The van der Waals surface area contributed by atoms with Gasteiger partial charge in [-0.2, -0.15) is 0 Å². The summed E-state index contributed by atoms with van der Waals surface area (Å²) >= 11 is 0. The molecule has 0 bridgehead atoms. The van der Waals surface area contributed by atoms with Crippen LogP contribution in [0.5, 0.6) is 17.2 Å². The van der Waals surface area contributed by atoms with E-state index in [1.165, 1.54) is 16.7 Å². The summed E-state index contributed by atoms with van der Waals surface area (Å²) in [5.41, 5.74) is 9.22. The first-order chi connectivity index (χ1) is 16.9. The number of hydrogen-bond acceptors (Lipinski definition) is 3.